The molecule has 5 nitrogen and oxygen atoms in total. The first kappa shape index (κ1) is 9.60. The number of aromatic nitrogens is 2. The van der Waals surface area contributed by atoms with Crippen molar-refractivity contribution in [3.63, 3.8) is 0 Å². The van der Waals surface area contributed by atoms with Crippen LogP contribution < -0.4 is 0 Å². The monoisotopic (exact) mass is 319 g/mol. The lowest BCUT2D eigenvalue weighted by atomic mass is 10.2. The Labute approximate surface area is 94.9 Å². The Bertz CT molecular complexity index is 523. The molecule has 72 valence electrons. The fourth-order valence-electron chi connectivity index (χ4n) is 1.21. The number of nitrogens with one attached hydrogen (secondary N) is 1. The van der Waals surface area contributed by atoms with Crippen molar-refractivity contribution >= 4 is 48.5 Å². The van der Waals surface area contributed by atoms with Crippen molar-refractivity contribution in [2.45, 2.75) is 0 Å². The van der Waals surface area contributed by atoms with E-state index >= 15 is 0 Å². The highest BCUT2D eigenvalue weighted by Crippen LogP contribution is 2.36. The van der Waals surface area contributed by atoms with E-state index in [0.29, 0.717) is 15.4 Å². The minimum absolute atomic E-state index is 0.0250. The Hall–Kier alpha value is -0.950. The molecule has 14 heavy (non-hydrogen) atoms. The Morgan fingerprint density at radius 3 is 2.79 bits per heavy atom. The summed E-state index contributed by atoms with van der Waals surface area (Å²) >= 11 is 6.43. The van der Waals surface area contributed by atoms with Crippen molar-refractivity contribution in [1.82, 2.24) is 10.2 Å². The lowest BCUT2D eigenvalue weighted by Gasteiger charge is -1.98. The first-order valence-corrected chi connectivity index (χ1v) is 5.15. The van der Waals surface area contributed by atoms with E-state index in [2.05, 4.69) is 42.1 Å². The molecular formula is C7H3Br2N3O2. The van der Waals surface area contributed by atoms with E-state index in [1.54, 1.807) is 6.07 Å². The third-order valence-electron chi connectivity index (χ3n) is 1.80. The Kier molecular flexibility index (Phi) is 2.28. The molecule has 0 atom stereocenters. The van der Waals surface area contributed by atoms with Crippen LogP contribution in [-0.4, -0.2) is 15.1 Å². The summed E-state index contributed by atoms with van der Waals surface area (Å²) < 4.78 is 1.17. The summed E-state index contributed by atoms with van der Waals surface area (Å²) in [5, 5.41) is 17.7. The molecule has 1 N–H and O–H groups in total. The van der Waals surface area contributed by atoms with Crippen molar-refractivity contribution in [1.29, 1.82) is 0 Å². The summed E-state index contributed by atoms with van der Waals surface area (Å²) in [5.41, 5.74) is 0.650. The molecule has 1 heterocycles. The molecule has 2 rings (SSSR count). The van der Waals surface area contributed by atoms with Gasteiger partial charge in [0.15, 0.2) is 0 Å². The normalized spacial score (nSPS) is 10.7. The fraction of sp³-hybridized carbons (Fsp3) is 0. The Balaban J connectivity index is 2.93. The second-order valence-corrected chi connectivity index (χ2v) is 4.31. The molecule has 0 amide bonds. The van der Waals surface area contributed by atoms with E-state index in [4.69, 9.17) is 0 Å². The van der Waals surface area contributed by atoms with Gasteiger partial charge in [-0.25, -0.2) is 0 Å². The van der Waals surface area contributed by atoms with Gasteiger partial charge in [0.2, 0.25) is 0 Å². The maximum Gasteiger partial charge on any atom is 0.294 e. The van der Waals surface area contributed by atoms with Gasteiger partial charge in [-0.1, -0.05) is 0 Å². The fourth-order valence-corrected chi connectivity index (χ4v) is 2.64. The second kappa shape index (κ2) is 3.32. The topological polar surface area (TPSA) is 71.8 Å². The summed E-state index contributed by atoms with van der Waals surface area (Å²) in [5.74, 6) is 0. The lowest BCUT2D eigenvalue weighted by molar-refractivity contribution is -0.383. The number of nitro groups is 1. The molecule has 0 aliphatic carbocycles. The summed E-state index contributed by atoms with van der Waals surface area (Å²) in [4.78, 5) is 10.3. The first-order valence-electron chi connectivity index (χ1n) is 3.56. The summed E-state index contributed by atoms with van der Waals surface area (Å²) in [7, 11) is 0. The zero-order valence-electron chi connectivity index (χ0n) is 6.62. The van der Waals surface area contributed by atoms with Gasteiger partial charge >= 0.3 is 0 Å². The van der Waals surface area contributed by atoms with Crippen molar-refractivity contribution in [3.05, 3.63) is 31.3 Å². The summed E-state index contributed by atoms with van der Waals surface area (Å²) in [6.45, 7) is 0. The molecule has 0 radical (unpaired) electrons. The third kappa shape index (κ3) is 1.32. The molecule has 1 aromatic carbocycles. The number of halogens is 2. The van der Waals surface area contributed by atoms with Gasteiger partial charge in [-0.2, -0.15) is 5.10 Å². The van der Waals surface area contributed by atoms with E-state index in [0.717, 1.165) is 4.47 Å². The smallest absolute Gasteiger partial charge is 0.276 e. The van der Waals surface area contributed by atoms with Crippen LogP contribution in [0, 0.1) is 10.1 Å². The number of hydrogen-bond donors (Lipinski definition) is 1. The second-order valence-electron chi connectivity index (χ2n) is 2.60. The van der Waals surface area contributed by atoms with Crippen molar-refractivity contribution in [2.75, 3.05) is 0 Å². The molecular weight excluding hydrogens is 318 g/mol. The minimum Gasteiger partial charge on any atom is -0.276 e. The van der Waals surface area contributed by atoms with Crippen molar-refractivity contribution in [3.8, 4) is 0 Å². The third-order valence-corrected chi connectivity index (χ3v) is 3.03. The van der Waals surface area contributed by atoms with Gasteiger partial charge in [0, 0.05) is 4.47 Å². The maximum atomic E-state index is 10.8. The number of H-pyrrole nitrogens is 1. The predicted molar refractivity (Wildman–Crippen MR) is 58.1 cm³/mol. The van der Waals surface area contributed by atoms with Crippen LogP contribution in [-0.2, 0) is 0 Å². The van der Waals surface area contributed by atoms with Crippen molar-refractivity contribution < 1.29 is 4.92 Å². The van der Waals surface area contributed by atoms with Gasteiger partial charge < -0.3 is 0 Å². The Morgan fingerprint density at radius 2 is 2.14 bits per heavy atom. The maximum absolute atomic E-state index is 10.8. The lowest BCUT2D eigenvalue weighted by Crippen LogP contribution is -1.90. The number of rotatable bonds is 1. The molecule has 0 unspecified atom stereocenters. The highest BCUT2D eigenvalue weighted by molar-refractivity contribution is 9.11. The number of nitrogens with zero attached hydrogens (tertiary/aromatic N) is 2. The summed E-state index contributed by atoms with van der Waals surface area (Å²) in [6.07, 6.45) is 1.43. The van der Waals surface area contributed by atoms with E-state index in [1.807, 2.05) is 0 Å². The van der Waals surface area contributed by atoms with Crippen LogP contribution >= 0.6 is 31.9 Å². The van der Waals surface area contributed by atoms with Gasteiger partial charge in [-0.3, -0.25) is 15.2 Å². The van der Waals surface area contributed by atoms with Crippen LogP contribution in [0.25, 0.3) is 10.9 Å². The van der Waals surface area contributed by atoms with Crippen LogP contribution in [0.2, 0.25) is 0 Å². The van der Waals surface area contributed by atoms with Crippen LogP contribution in [0.15, 0.2) is 21.2 Å². The molecule has 0 fully saturated rings. The SMILES string of the molecule is O=[N+]([O-])c1c(Br)cc(Br)c2[nH]ncc12. The molecule has 2 aromatic rings. The van der Waals surface area contributed by atoms with Crippen LogP contribution in [0.3, 0.4) is 0 Å². The molecule has 0 aliphatic heterocycles. The van der Waals surface area contributed by atoms with Crippen LogP contribution in [0.4, 0.5) is 5.69 Å². The van der Waals surface area contributed by atoms with E-state index in [1.165, 1.54) is 6.20 Å². The zero-order chi connectivity index (χ0) is 10.3. The molecule has 1 aromatic heterocycles. The summed E-state index contributed by atoms with van der Waals surface area (Å²) in [6, 6.07) is 1.62. The standard InChI is InChI=1S/C7H3Br2N3O2/c8-4-1-5(9)7(12(13)14)3-2-10-11-6(3)4/h1-2H,(H,10,11). The van der Waals surface area contributed by atoms with Gasteiger partial charge in [0.05, 0.1) is 26.5 Å². The quantitative estimate of drug-likeness (QED) is 0.648. The molecule has 0 aliphatic rings. The molecule has 0 spiro atoms. The molecule has 0 bridgehead atoms. The highest BCUT2D eigenvalue weighted by atomic mass is 79.9. The van der Waals surface area contributed by atoms with Crippen LogP contribution in [0.1, 0.15) is 0 Å². The van der Waals surface area contributed by atoms with E-state index in [9.17, 15) is 10.1 Å². The van der Waals surface area contributed by atoms with E-state index in [-0.39, 0.29) is 5.69 Å². The van der Waals surface area contributed by atoms with Crippen molar-refractivity contribution in [2.24, 2.45) is 0 Å². The number of nitro benzene ring substituents is 1. The highest BCUT2D eigenvalue weighted by Gasteiger charge is 2.20. The molecule has 0 saturated heterocycles. The number of benzene rings is 1. The van der Waals surface area contributed by atoms with Crippen LogP contribution in [0.5, 0.6) is 0 Å². The van der Waals surface area contributed by atoms with Gasteiger partial charge in [-0.15, -0.1) is 0 Å². The van der Waals surface area contributed by atoms with Gasteiger partial charge in [-0.05, 0) is 37.9 Å². The minimum atomic E-state index is -0.436. The van der Waals surface area contributed by atoms with Gasteiger partial charge in [0.1, 0.15) is 0 Å². The number of hydrogen-bond acceptors (Lipinski definition) is 3. The largest absolute Gasteiger partial charge is 0.294 e. The average Bonchev–Trinajstić information content (AvgIpc) is 2.51. The zero-order valence-corrected chi connectivity index (χ0v) is 9.79. The Morgan fingerprint density at radius 1 is 1.43 bits per heavy atom. The first-order chi connectivity index (χ1) is 6.61. The van der Waals surface area contributed by atoms with Gasteiger partial charge in [0.25, 0.3) is 5.69 Å². The predicted octanol–water partition coefficient (Wildman–Crippen LogP) is 3.00. The number of fused-ring (bicyclic) bond motifs is 1. The molecule has 7 heteroatoms. The number of aromatic amines is 1. The average molecular weight is 321 g/mol. The molecule has 0 saturated carbocycles. The van der Waals surface area contributed by atoms with E-state index < -0.39 is 4.92 Å².